The Hall–Kier alpha value is -1.62. The van der Waals surface area contributed by atoms with Crippen molar-refractivity contribution in [1.29, 1.82) is 0 Å². The van der Waals surface area contributed by atoms with E-state index >= 15 is 0 Å². The van der Waals surface area contributed by atoms with E-state index in [1.807, 2.05) is 20.8 Å². The minimum Gasteiger partial charge on any atom is -0.487 e. The predicted octanol–water partition coefficient (Wildman–Crippen LogP) is 2.74. The number of nitrogens with one attached hydrogen (secondary N) is 1. The van der Waals surface area contributed by atoms with Crippen LogP contribution in [0.4, 0.5) is 5.69 Å². The van der Waals surface area contributed by atoms with Crippen LogP contribution in [-0.2, 0) is 6.54 Å². The molecule has 0 bridgehead atoms. The van der Waals surface area contributed by atoms with Crippen molar-refractivity contribution < 1.29 is 9.66 Å². The van der Waals surface area contributed by atoms with Crippen LogP contribution in [0.2, 0.25) is 0 Å². The molecular weight excluding hydrogens is 232 g/mol. The Kier molecular flexibility index (Phi) is 5.58. The summed E-state index contributed by atoms with van der Waals surface area (Å²) in [6.07, 6.45) is 0. The molecule has 5 nitrogen and oxygen atoms in total. The first-order chi connectivity index (χ1) is 8.54. The molecule has 0 spiro atoms. The van der Waals surface area contributed by atoms with E-state index in [-0.39, 0.29) is 5.69 Å². The van der Waals surface area contributed by atoms with Crippen LogP contribution >= 0.6 is 0 Å². The van der Waals surface area contributed by atoms with Gasteiger partial charge < -0.3 is 10.1 Å². The van der Waals surface area contributed by atoms with Gasteiger partial charge in [-0.1, -0.05) is 26.8 Å². The van der Waals surface area contributed by atoms with Crippen molar-refractivity contribution in [2.45, 2.75) is 27.3 Å². The lowest BCUT2D eigenvalue weighted by Gasteiger charge is -2.10. The van der Waals surface area contributed by atoms with E-state index in [1.165, 1.54) is 6.07 Å². The van der Waals surface area contributed by atoms with Crippen molar-refractivity contribution in [2.24, 2.45) is 5.92 Å². The highest BCUT2D eigenvalue weighted by Crippen LogP contribution is 2.28. The molecule has 5 heteroatoms. The zero-order chi connectivity index (χ0) is 13.5. The van der Waals surface area contributed by atoms with Crippen LogP contribution < -0.4 is 10.1 Å². The number of nitro groups is 1. The van der Waals surface area contributed by atoms with Crippen molar-refractivity contribution in [2.75, 3.05) is 13.2 Å². The number of ether oxygens (including phenoxy) is 1. The Bertz CT molecular complexity index is 405. The second-order valence-electron chi connectivity index (χ2n) is 4.54. The lowest BCUT2D eigenvalue weighted by atomic mass is 10.2. The summed E-state index contributed by atoms with van der Waals surface area (Å²) < 4.78 is 5.51. The number of hydrogen-bond donors (Lipinski definition) is 1. The molecule has 0 saturated heterocycles. The first kappa shape index (κ1) is 14.4. The van der Waals surface area contributed by atoms with Crippen molar-refractivity contribution in [3.8, 4) is 5.75 Å². The van der Waals surface area contributed by atoms with Gasteiger partial charge in [0, 0.05) is 12.6 Å². The highest BCUT2D eigenvalue weighted by atomic mass is 16.6. The van der Waals surface area contributed by atoms with Gasteiger partial charge in [-0.05, 0) is 24.1 Å². The third-order valence-corrected chi connectivity index (χ3v) is 2.37. The summed E-state index contributed by atoms with van der Waals surface area (Å²) in [6.45, 7) is 8.06. The summed E-state index contributed by atoms with van der Waals surface area (Å²) in [7, 11) is 0. The van der Waals surface area contributed by atoms with E-state index in [0.29, 0.717) is 24.8 Å². The summed E-state index contributed by atoms with van der Waals surface area (Å²) in [5.74, 6) is 0.686. The third kappa shape index (κ3) is 4.33. The van der Waals surface area contributed by atoms with Crippen molar-refractivity contribution in [3.63, 3.8) is 0 Å². The topological polar surface area (TPSA) is 64.4 Å². The lowest BCUT2D eigenvalue weighted by Crippen LogP contribution is -2.12. The summed E-state index contributed by atoms with van der Waals surface area (Å²) >= 11 is 0. The molecule has 0 aliphatic carbocycles. The molecule has 1 rings (SSSR count). The highest BCUT2D eigenvalue weighted by molar-refractivity contribution is 5.48. The fraction of sp³-hybridized carbons (Fsp3) is 0.538. The normalized spacial score (nSPS) is 10.7. The van der Waals surface area contributed by atoms with E-state index in [2.05, 4.69) is 5.32 Å². The van der Waals surface area contributed by atoms with Gasteiger partial charge in [-0.25, -0.2) is 0 Å². The zero-order valence-corrected chi connectivity index (χ0v) is 11.1. The van der Waals surface area contributed by atoms with E-state index in [0.717, 1.165) is 12.1 Å². The van der Waals surface area contributed by atoms with Gasteiger partial charge in [0.15, 0.2) is 5.75 Å². The summed E-state index contributed by atoms with van der Waals surface area (Å²) in [4.78, 5) is 10.5. The number of benzene rings is 1. The molecule has 1 aromatic carbocycles. The fourth-order valence-electron chi connectivity index (χ4n) is 1.46. The van der Waals surface area contributed by atoms with Gasteiger partial charge in [0.1, 0.15) is 0 Å². The molecule has 1 N–H and O–H groups in total. The molecule has 0 radical (unpaired) electrons. The maximum absolute atomic E-state index is 10.9. The zero-order valence-electron chi connectivity index (χ0n) is 11.1. The lowest BCUT2D eigenvalue weighted by molar-refractivity contribution is -0.385. The first-order valence-electron chi connectivity index (χ1n) is 6.15. The van der Waals surface area contributed by atoms with Gasteiger partial charge in [0.2, 0.25) is 0 Å². The van der Waals surface area contributed by atoms with Crippen LogP contribution in [0.3, 0.4) is 0 Å². The summed E-state index contributed by atoms with van der Waals surface area (Å²) in [5.41, 5.74) is 1.01. The molecule has 0 aliphatic heterocycles. The number of rotatable bonds is 7. The Balaban J connectivity index is 2.88. The monoisotopic (exact) mass is 252 g/mol. The van der Waals surface area contributed by atoms with Gasteiger partial charge in [-0.2, -0.15) is 0 Å². The van der Waals surface area contributed by atoms with Gasteiger partial charge >= 0.3 is 5.69 Å². The van der Waals surface area contributed by atoms with Gasteiger partial charge in [0.05, 0.1) is 11.5 Å². The minimum absolute atomic E-state index is 0.0240. The standard InChI is InChI=1S/C13H20N2O3/c1-4-14-8-11-5-6-12(15(16)17)13(7-11)18-9-10(2)3/h5-7,10,14H,4,8-9H2,1-3H3. The predicted molar refractivity (Wildman–Crippen MR) is 70.8 cm³/mol. The van der Waals surface area contributed by atoms with Crippen LogP contribution in [0.15, 0.2) is 18.2 Å². The molecule has 0 saturated carbocycles. The van der Waals surface area contributed by atoms with Gasteiger partial charge in [-0.3, -0.25) is 10.1 Å². The van der Waals surface area contributed by atoms with Crippen molar-refractivity contribution >= 4 is 5.69 Å². The maximum atomic E-state index is 10.9. The third-order valence-electron chi connectivity index (χ3n) is 2.37. The van der Waals surface area contributed by atoms with Crippen LogP contribution in [0.25, 0.3) is 0 Å². The van der Waals surface area contributed by atoms with Gasteiger partial charge in [-0.15, -0.1) is 0 Å². The molecule has 0 heterocycles. The molecule has 0 unspecified atom stereocenters. The molecule has 0 atom stereocenters. The number of nitrogens with zero attached hydrogens (tertiary/aromatic N) is 1. The average molecular weight is 252 g/mol. The molecular formula is C13H20N2O3. The Morgan fingerprint density at radius 2 is 2.17 bits per heavy atom. The van der Waals surface area contributed by atoms with Crippen LogP contribution in [0.5, 0.6) is 5.75 Å². The number of hydrogen-bond acceptors (Lipinski definition) is 4. The van der Waals surface area contributed by atoms with Gasteiger partial charge in [0.25, 0.3) is 0 Å². The average Bonchev–Trinajstić information content (AvgIpc) is 2.33. The smallest absolute Gasteiger partial charge is 0.310 e. The van der Waals surface area contributed by atoms with E-state index in [4.69, 9.17) is 4.74 Å². The van der Waals surface area contributed by atoms with Crippen LogP contribution in [0.1, 0.15) is 26.3 Å². The van der Waals surface area contributed by atoms with Crippen molar-refractivity contribution in [1.82, 2.24) is 5.32 Å². The minimum atomic E-state index is -0.410. The second-order valence-corrected chi connectivity index (χ2v) is 4.54. The van der Waals surface area contributed by atoms with E-state index in [9.17, 15) is 10.1 Å². The Morgan fingerprint density at radius 1 is 1.44 bits per heavy atom. The van der Waals surface area contributed by atoms with Crippen molar-refractivity contribution in [3.05, 3.63) is 33.9 Å². The molecule has 1 aromatic rings. The highest BCUT2D eigenvalue weighted by Gasteiger charge is 2.15. The molecule has 18 heavy (non-hydrogen) atoms. The molecule has 0 aliphatic rings. The van der Waals surface area contributed by atoms with E-state index < -0.39 is 4.92 Å². The molecule has 100 valence electrons. The molecule has 0 amide bonds. The molecule has 0 fully saturated rings. The van der Waals surface area contributed by atoms with Crippen LogP contribution in [-0.4, -0.2) is 18.1 Å². The second kappa shape index (κ2) is 6.96. The SMILES string of the molecule is CCNCc1ccc([N+](=O)[O-])c(OCC(C)C)c1. The van der Waals surface area contributed by atoms with E-state index in [1.54, 1.807) is 12.1 Å². The Labute approximate surface area is 107 Å². The van der Waals surface area contributed by atoms with Crippen LogP contribution in [0, 0.1) is 16.0 Å². The maximum Gasteiger partial charge on any atom is 0.310 e. The largest absolute Gasteiger partial charge is 0.487 e. The quantitative estimate of drug-likeness (QED) is 0.598. The fourth-order valence-corrected chi connectivity index (χ4v) is 1.46. The summed E-state index contributed by atoms with van der Waals surface area (Å²) in [6, 6.07) is 4.99. The molecule has 0 aromatic heterocycles. The first-order valence-corrected chi connectivity index (χ1v) is 6.15. The Morgan fingerprint density at radius 3 is 2.72 bits per heavy atom. The summed E-state index contributed by atoms with van der Waals surface area (Å²) in [5, 5.41) is 14.1. The number of nitro benzene ring substituents is 1.